The van der Waals surface area contributed by atoms with Gasteiger partial charge in [-0.05, 0) is 51.1 Å². The Morgan fingerprint density at radius 2 is 1.86 bits per heavy atom. The second-order valence-corrected chi connectivity index (χ2v) is 12.8. The van der Waals surface area contributed by atoms with E-state index in [0.29, 0.717) is 6.07 Å². The Labute approximate surface area is 243 Å². The monoisotopic (exact) mass is 621 g/mol. The molecule has 0 saturated heterocycles. The number of likely N-dealkylation sites (N-methyl/N-ethyl adjacent to an activating group) is 1. The van der Waals surface area contributed by atoms with E-state index in [2.05, 4.69) is 0 Å². The van der Waals surface area contributed by atoms with E-state index >= 15 is 4.39 Å². The number of aliphatic hydroxyl groups excluding tert-OH is 2. The molecule has 42 heavy (non-hydrogen) atoms. The molecule has 0 bridgehead atoms. The van der Waals surface area contributed by atoms with E-state index < -0.39 is 96.5 Å². The molecule has 4 atom stereocenters. The van der Waals surface area contributed by atoms with Crippen molar-refractivity contribution in [1.82, 2.24) is 4.90 Å². The minimum atomic E-state index is -4.42. The molecule has 0 spiro atoms. The predicted molar refractivity (Wildman–Crippen MR) is 146 cm³/mol. The first-order chi connectivity index (χ1) is 19.5. The first-order valence-corrected chi connectivity index (χ1v) is 14.4. The molecule has 1 amide bonds. The highest BCUT2D eigenvalue weighted by atomic mass is 35.5. The van der Waals surface area contributed by atoms with Gasteiger partial charge in [0.25, 0.3) is 15.9 Å². The van der Waals surface area contributed by atoms with Crippen LogP contribution in [0, 0.1) is 17.7 Å². The normalized spacial score (nSPS) is 25.7. The molecular weight excluding hydrogens is 597 g/mol. The van der Waals surface area contributed by atoms with Gasteiger partial charge in [-0.3, -0.25) is 24.0 Å². The lowest BCUT2D eigenvalue weighted by molar-refractivity contribution is -0.148. The number of sulfonamides is 1. The molecule has 5 rings (SSSR count). The van der Waals surface area contributed by atoms with Crippen molar-refractivity contribution >= 4 is 44.8 Å². The first kappa shape index (κ1) is 29.5. The number of carbonyl (C=O) groups excluding carboxylic acids is 3. The molecule has 0 aliphatic heterocycles. The standard InChI is InChI=1S/C27H25ClFN3O9S/c1-32(2)20-14-7-10-6-13-15(29)9-16(31-42(40,41)12-5-3-4-11(28)8-12)21(33)18(13)22(34)17(10)24(36)27(14,39)25(37)19(23(20)35)26(30)38/h3-5,8-10,14,20,31,33,35-36,39H,6-7H2,1-2H3,(H2,30,38)/t10-,14-,20-,27-/m0/s1. The summed E-state index contributed by atoms with van der Waals surface area (Å²) in [6.07, 6.45) is -0.523. The lowest BCUT2D eigenvalue weighted by atomic mass is 9.58. The van der Waals surface area contributed by atoms with Crippen LogP contribution in [0.15, 0.2) is 57.9 Å². The van der Waals surface area contributed by atoms with E-state index in [1.807, 2.05) is 4.72 Å². The van der Waals surface area contributed by atoms with Crippen molar-refractivity contribution in [3.8, 4) is 5.75 Å². The number of fused-ring (bicyclic) bond motifs is 3. The van der Waals surface area contributed by atoms with E-state index in [-0.39, 0.29) is 28.3 Å². The van der Waals surface area contributed by atoms with E-state index in [1.165, 1.54) is 37.2 Å². The highest BCUT2D eigenvalue weighted by Gasteiger charge is 2.63. The Kier molecular flexibility index (Phi) is 6.88. The lowest BCUT2D eigenvalue weighted by Gasteiger charge is -2.50. The van der Waals surface area contributed by atoms with Gasteiger partial charge in [-0.15, -0.1) is 0 Å². The molecule has 0 heterocycles. The number of nitrogens with two attached hydrogens (primary N) is 1. The van der Waals surface area contributed by atoms with Gasteiger partial charge < -0.3 is 26.2 Å². The number of phenols is 1. The number of anilines is 1. The topological polar surface area (TPSA) is 208 Å². The van der Waals surface area contributed by atoms with Crippen molar-refractivity contribution in [2.45, 2.75) is 29.4 Å². The van der Waals surface area contributed by atoms with E-state index in [9.17, 15) is 43.2 Å². The van der Waals surface area contributed by atoms with Gasteiger partial charge in [0.2, 0.25) is 5.78 Å². The number of hydrogen-bond donors (Lipinski definition) is 6. The third-order valence-electron chi connectivity index (χ3n) is 8.02. The molecule has 3 aliphatic carbocycles. The van der Waals surface area contributed by atoms with Crippen LogP contribution in [0.4, 0.5) is 10.1 Å². The van der Waals surface area contributed by atoms with Crippen LogP contribution in [0.1, 0.15) is 22.3 Å². The number of aromatic hydroxyl groups is 1. The van der Waals surface area contributed by atoms with E-state index in [0.717, 1.165) is 6.07 Å². The number of allylic oxidation sites excluding steroid dienone is 1. The van der Waals surface area contributed by atoms with Crippen molar-refractivity contribution in [3.63, 3.8) is 0 Å². The average Bonchev–Trinajstić information content (AvgIpc) is 2.88. The van der Waals surface area contributed by atoms with Crippen LogP contribution in [0.2, 0.25) is 5.02 Å². The minimum absolute atomic E-state index is 0.0901. The number of halogens is 2. The highest BCUT2D eigenvalue weighted by molar-refractivity contribution is 7.92. The van der Waals surface area contributed by atoms with Crippen molar-refractivity contribution in [2.24, 2.45) is 17.6 Å². The second kappa shape index (κ2) is 9.80. The fraction of sp³-hybridized carbons (Fsp3) is 0.296. The van der Waals surface area contributed by atoms with E-state index in [1.54, 1.807) is 0 Å². The SMILES string of the molecule is CN(C)[C@@H]1C(O)=C(C(N)=O)C(=O)[C@@]2(O)C(O)=C3C(=O)c4c(O)c(NS(=O)(=O)c5cccc(Cl)c5)cc(F)c4C[C@H]3C[C@@H]12. The van der Waals surface area contributed by atoms with Gasteiger partial charge in [0, 0.05) is 28.1 Å². The molecule has 2 aromatic carbocycles. The number of phenolic OH excluding ortho intramolecular Hbond substituents is 1. The second-order valence-electron chi connectivity index (χ2n) is 10.6. The van der Waals surface area contributed by atoms with Gasteiger partial charge in [-0.2, -0.15) is 0 Å². The zero-order chi connectivity index (χ0) is 31.0. The predicted octanol–water partition coefficient (Wildman–Crippen LogP) is 1.71. The summed E-state index contributed by atoms with van der Waals surface area (Å²) >= 11 is 5.87. The van der Waals surface area contributed by atoms with Crippen LogP contribution in [0.5, 0.6) is 5.75 Å². The third kappa shape index (κ3) is 4.16. The molecular formula is C27H25ClFN3O9S. The summed E-state index contributed by atoms with van der Waals surface area (Å²) in [5.74, 6) is -10.1. The average molecular weight is 622 g/mol. The number of Topliss-reactive ketones (excluding diaryl/α,β-unsaturated/α-hetero) is 2. The van der Waals surface area contributed by atoms with Gasteiger partial charge in [0.1, 0.15) is 22.9 Å². The summed E-state index contributed by atoms with van der Waals surface area (Å²) in [6.45, 7) is 0. The third-order valence-corrected chi connectivity index (χ3v) is 9.62. The van der Waals surface area contributed by atoms with Crippen LogP contribution < -0.4 is 10.5 Å². The fourth-order valence-corrected chi connectivity index (χ4v) is 7.55. The Hall–Kier alpha value is -3.98. The summed E-state index contributed by atoms with van der Waals surface area (Å²) in [5, 5.41) is 44.8. The molecule has 2 aromatic rings. The molecule has 222 valence electrons. The zero-order valence-corrected chi connectivity index (χ0v) is 23.6. The van der Waals surface area contributed by atoms with Crippen LogP contribution in [0.25, 0.3) is 0 Å². The quantitative estimate of drug-likeness (QED) is 0.210. The summed E-state index contributed by atoms with van der Waals surface area (Å²) in [5.41, 5.74) is -0.691. The maximum Gasteiger partial charge on any atom is 0.262 e. The van der Waals surface area contributed by atoms with Crippen LogP contribution in [-0.2, 0) is 26.0 Å². The van der Waals surface area contributed by atoms with Gasteiger partial charge in [-0.1, -0.05) is 17.7 Å². The molecule has 15 heteroatoms. The molecule has 0 fully saturated rings. The lowest BCUT2D eigenvalue weighted by Crippen LogP contribution is -2.63. The smallest absolute Gasteiger partial charge is 0.262 e. The van der Waals surface area contributed by atoms with Crippen molar-refractivity contribution in [2.75, 3.05) is 18.8 Å². The number of primary amides is 1. The highest BCUT2D eigenvalue weighted by Crippen LogP contribution is 2.53. The first-order valence-electron chi connectivity index (χ1n) is 12.5. The molecule has 12 nitrogen and oxygen atoms in total. The number of aliphatic hydroxyl groups is 3. The van der Waals surface area contributed by atoms with Gasteiger partial charge >= 0.3 is 0 Å². The van der Waals surface area contributed by atoms with Crippen molar-refractivity contribution in [1.29, 1.82) is 0 Å². The molecule has 3 aliphatic rings. The number of rotatable bonds is 5. The summed E-state index contributed by atoms with van der Waals surface area (Å²) < 4.78 is 43.3. The van der Waals surface area contributed by atoms with Crippen molar-refractivity contribution < 1.29 is 47.6 Å². The summed E-state index contributed by atoms with van der Waals surface area (Å²) in [6, 6.07) is 4.61. The maximum absolute atomic E-state index is 15.5. The van der Waals surface area contributed by atoms with Crippen molar-refractivity contribution in [3.05, 3.63) is 75.0 Å². The zero-order valence-electron chi connectivity index (χ0n) is 22.1. The minimum Gasteiger partial charge on any atom is -0.510 e. The van der Waals surface area contributed by atoms with E-state index in [4.69, 9.17) is 17.3 Å². The number of ketones is 2. The number of benzene rings is 2. The molecule has 0 aromatic heterocycles. The Bertz CT molecular complexity index is 1770. The number of nitrogens with one attached hydrogen (secondary N) is 1. The number of nitrogens with zero attached hydrogens (tertiary/aromatic N) is 1. The molecule has 0 saturated carbocycles. The fourth-order valence-electron chi connectivity index (χ4n) is 6.19. The molecule has 0 radical (unpaired) electrons. The molecule has 0 unspecified atom stereocenters. The Balaban J connectivity index is 1.65. The summed E-state index contributed by atoms with van der Waals surface area (Å²) in [7, 11) is -1.45. The van der Waals surface area contributed by atoms with Crippen LogP contribution >= 0.6 is 11.6 Å². The van der Waals surface area contributed by atoms with Crippen LogP contribution in [-0.4, -0.2) is 77.0 Å². The Morgan fingerprint density at radius 1 is 1.19 bits per heavy atom. The molecule has 7 N–H and O–H groups in total. The number of carbonyl (C=O) groups is 3. The largest absolute Gasteiger partial charge is 0.510 e. The Morgan fingerprint density at radius 3 is 2.45 bits per heavy atom. The maximum atomic E-state index is 15.5. The number of hydrogen-bond acceptors (Lipinski definition) is 10. The number of amides is 1. The van der Waals surface area contributed by atoms with Gasteiger partial charge in [0.15, 0.2) is 17.1 Å². The van der Waals surface area contributed by atoms with Crippen LogP contribution in [0.3, 0.4) is 0 Å². The summed E-state index contributed by atoms with van der Waals surface area (Å²) in [4.78, 5) is 40.3. The van der Waals surface area contributed by atoms with Gasteiger partial charge in [0.05, 0.1) is 22.2 Å². The van der Waals surface area contributed by atoms with Gasteiger partial charge in [-0.25, -0.2) is 12.8 Å².